The number of piperidine rings is 1. The van der Waals surface area contributed by atoms with Gasteiger partial charge in [-0.1, -0.05) is 5.16 Å². The summed E-state index contributed by atoms with van der Waals surface area (Å²) in [5.74, 6) is -0.225. The Balaban J connectivity index is 1.37. The molecule has 0 aromatic carbocycles. The van der Waals surface area contributed by atoms with Crippen molar-refractivity contribution in [3.05, 3.63) is 42.5 Å². The smallest absolute Gasteiger partial charge is 0.273 e. The molecule has 2 aromatic heterocycles. The van der Waals surface area contributed by atoms with E-state index in [0.717, 1.165) is 38.0 Å². The molecule has 1 amide bonds. The van der Waals surface area contributed by atoms with Crippen LogP contribution in [0.2, 0.25) is 0 Å². The van der Waals surface area contributed by atoms with Crippen molar-refractivity contribution >= 4 is 17.3 Å². The number of nitrogens with one attached hydrogen (secondary N) is 2. The average molecular weight is 340 g/mol. The van der Waals surface area contributed by atoms with Crippen LogP contribution in [0.5, 0.6) is 0 Å². The molecule has 2 aliphatic rings. The molecule has 1 fully saturated rings. The molecule has 0 aliphatic carbocycles. The van der Waals surface area contributed by atoms with E-state index < -0.39 is 5.60 Å². The fourth-order valence-corrected chi connectivity index (χ4v) is 3.45. The second-order valence-electron chi connectivity index (χ2n) is 6.61. The van der Waals surface area contributed by atoms with E-state index in [-0.39, 0.29) is 5.91 Å². The third-order valence-corrected chi connectivity index (χ3v) is 4.60. The first kappa shape index (κ1) is 15.8. The summed E-state index contributed by atoms with van der Waals surface area (Å²) >= 11 is 0. The maximum Gasteiger partial charge on any atom is 0.273 e. The van der Waals surface area contributed by atoms with Crippen LogP contribution in [-0.4, -0.2) is 50.4 Å². The quantitative estimate of drug-likeness (QED) is 0.880. The Kier molecular flexibility index (Phi) is 4.19. The lowest BCUT2D eigenvalue weighted by Gasteiger charge is -2.38. The summed E-state index contributed by atoms with van der Waals surface area (Å²) in [5, 5.41) is 13.7. The molecule has 1 spiro atoms. The van der Waals surface area contributed by atoms with Gasteiger partial charge in [-0.05, 0) is 31.5 Å². The lowest BCUT2D eigenvalue weighted by atomic mass is 9.88. The van der Waals surface area contributed by atoms with Crippen molar-refractivity contribution in [2.24, 2.45) is 5.16 Å². The zero-order valence-electron chi connectivity index (χ0n) is 13.8. The Morgan fingerprint density at radius 2 is 2.40 bits per heavy atom. The Morgan fingerprint density at radius 1 is 1.44 bits per heavy atom. The van der Waals surface area contributed by atoms with Crippen LogP contribution in [0.1, 0.15) is 24.8 Å². The number of aromatic nitrogens is 3. The van der Waals surface area contributed by atoms with Gasteiger partial charge in [0.15, 0.2) is 5.60 Å². The number of anilines is 1. The highest BCUT2D eigenvalue weighted by atomic mass is 16.7. The third kappa shape index (κ3) is 3.53. The number of carbonyl (C=O) groups is 1. The van der Waals surface area contributed by atoms with Crippen LogP contribution >= 0.6 is 0 Å². The number of likely N-dealkylation sites (tertiary alicyclic amines) is 1. The van der Waals surface area contributed by atoms with Gasteiger partial charge in [0.05, 0.1) is 18.1 Å². The largest absolute Gasteiger partial charge is 0.387 e. The highest BCUT2D eigenvalue weighted by Crippen LogP contribution is 2.34. The van der Waals surface area contributed by atoms with Gasteiger partial charge in [-0.2, -0.15) is 5.10 Å². The summed E-state index contributed by atoms with van der Waals surface area (Å²) in [7, 11) is 0. The normalized spacial score (nSPS) is 23.3. The summed E-state index contributed by atoms with van der Waals surface area (Å²) in [5.41, 5.74) is 1.84. The van der Waals surface area contributed by atoms with E-state index in [4.69, 9.17) is 4.84 Å². The minimum absolute atomic E-state index is 0.225. The molecule has 1 unspecified atom stereocenters. The molecule has 1 atom stereocenters. The van der Waals surface area contributed by atoms with Gasteiger partial charge in [-0.25, -0.2) is 0 Å². The lowest BCUT2D eigenvalue weighted by molar-refractivity contribution is -0.110. The molecular weight excluding hydrogens is 320 g/mol. The van der Waals surface area contributed by atoms with Crippen molar-refractivity contribution in [3.8, 4) is 0 Å². The van der Waals surface area contributed by atoms with Gasteiger partial charge >= 0.3 is 0 Å². The second-order valence-corrected chi connectivity index (χ2v) is 6.61. The highest BCUT2D eigenvalue weighted by molar-refractivity contribution is 6.43. The number of H-pyrrole nitrogens is 1. The molecule has 0 saturated carbocycles. The molecule has 130 valence electrons. The maximum absolute atomic E-state index is 12.4. The van der Waals surface area contributed by atoms with Gasteiger partial charge in [0, 0.05) is 37.5 Å². The summed E-state index contributed by atoms with van der Waals surface area (Å²) in [6.07, 6.45) is 9.46. The molecule has 0 bridgehead atoms. The van der Waals surface area contributed by atoms with Gasteiger partial charge in [0.25, 0.3) is 5.91 Å². The van der Waals surface area contributed by atoms with Crippen molar-refractivity contribution in [1.29, 1.82) is 0 Å². The van der Waals surface area contributed by atoms with Crippen LogP contribution in [0.25, 0.3) is 0 Å². The number of hydrogen-bond acceptors (Lipinski definition) is 6. The van der Waals surface area contributed by atoms with Gasteiger partial charge in [0.2, 0.25) is 0 Å². The van der Waals surface area contributed by atoms with Crippen LogP contribution in [0.15, 0.2) is 42.1 Å². The number of aromatic amines is 1. The predicted octanol–water partition coefficient (Wildman–Crippen LogP) is 1.55. The summed E-state index contributed by atoms with van der Waals surface area (Å²) in [6, 6.07) is 3.57. The van der Waals surface area contributed by atoms with Crippen LogP contribution in [0.4, 0.5) is 5.69 Å². The molecule has 8 nitrogen and oxygen atoms in total. The predicted molar refractivity (Wildman–Crippen MR) is 91.8 cm³/mol. The molecule has 4 heterocycles. The summed E-state index contributed by atoms with van der Waals surface area (Å²) in [4.78, 5) is 24.5. The molecule has 1 saturated heterocycles. The van der Waals surface area contributed by atoms with E-state index in [0.29, 0.717) is 17.8 Å². The van der Waals surface area contributed by atoms with Crippen LogP contribution < -0.4 is 5.32 Å². The number of pyridine rings is 1. The van der Waals surface area contributed by atoms with Crippen molar-refractivity contribution in [2.75, 3.05) is 18.4 Å². The number of hydrogen-bond donors (Lipinski definition) is 2. The van der Waals surface area contributed by atoms with E-state index in [1.807, 2.05) is 12.4 Å². The van der Waals surface area contributed by atoms with Crippen molar-refractivity contribution in [3.63, 3.8) is 0 Å². The number of oxime groups is 1. The van der Waals surface area contributed by atoms with Crippen molar-refractivity contribution in [2.45, 2.75) is 31.4 Å². The maximum atomic E-state index is 12.4. The second kappa shape index (κ2) is 6.64. The first-order valence-electron chi connectivity index (χ1n) is 8.39. The number of amides is 1. The van der Waals surface area contributed by atoms with Crippen LogP contribution in [0.3, 0.4) is 0 Å². The molecule has 25 heavy (non-hydrogen) atoms. The van der Waals surface area contributed by atoms with Gasteiger partial charge < -0.3 is 10.2 Å². The Morgan fingerprint density at radius 3 is 3.20 bits per heavy atom. The zero-order valence-corrected chi connectivity index (χ0v) is 13.8. The molecule has 4 rings (SSSR count). The molecule has 2 aromatic rings. The molecule has 2 aliphatic heterocycles. The topological polar surface area (TPSA) is 95.5 Å². The van der Waals surface area contributed by atoms with Gasteiger partial charge in [-0.15, -0.1) is 0 Å². The monoisotopic (exact) mass is 340 g/mol. The SMILES string of the molecule is O=C(Nc1cccnc1)C1=NOC2(CCCN(Cc3cn[nH]c3)C2)C1. The Labute approximate surface area is 145 Å². The molecule has 8 heteroatoms. The number of nitrogens with zero attached hydrogens (tertiary/aromatic N) is 4. The minimum Gasteiger partial charge on any atom is -0.387 e. The van der Waals surface area contributed by atoms with E-state index in [1.165, 1.54) is 0 Å². The molecule has 2 N–H and O–H groups in total. The van der Waals surface area contributed by atoms with Gasteiger partial charge in [-0.3, -0.25) is 19.8 Å². The van der Waals surface area contributed by atoms with E-state index in [9.17, 15) is 4.79 Å². The fourth-order valence-electron chi connectivity index (χ4n) is 3.45. The first-order chi connectivity index (χ1) is 12.2. The lowest BCUT2D eigenvalue weighted by Crippen LogP contribution is -2.48. The first-order valence-corrected chi connectivity index (χ1v) is 8.39. The highest BCUT2D eigenvalue weighted by Gasteiger charge is 2.44. The van der Waals surface area contributed by atoms with Crippen LogP contribution in [0, 0.1) is 0 Å². The van der Waals surface area contributed by atoms with Gasteiger partial charge in [0.1, 0.15) is 5.71 Å². The van der Waals surface area contributed by atoms with Crippen LogP contribution in [-0.2, 0) is 16.2 Å². The standard InChI is InChI=1S/C17H20N6O2/c24-16(21-14-3-1-5-18-10-14)15-7-17(25-22-15)4-2-6-23(12-17)11-13-8-19-20-9-13/h1,3,5,8-10H,2,4,6-7,11-12H2,(H,19,20)(H,21,24). The van der Waals surface area contributed by atoms with Crippen molar-refractivity contribution < 1.29 is 9.63 Å². The Bertz CT molecular complexity index is 761. The van der Waals surface area contributed by atoms with E-state index in [1.54, 1.807) is 24.5 Å². The molecule has 0 radical (unpaired) electrons. The fraction of sp³-hybridized carbons (Fsp3) is 0.412. The van der Waals surface area contributed by atoms with E-state index in [2.05, 4.69) is 30.6 Å². The molecular formula is C17H20N6O2. The summed E-state index contributed by atoms with van der Waals surface area (Å²) < 4.78 is 0. The number of carbonyl (C=O) groups excluding carboxylic acids is 1. The third-order valence-electron chi connectivity index (χ3n) is 4.60. The summed E-state index contributed by atoms with van der Waals surface area (Å²) in [6.45, 7) is 2.58. The minimum atomic E-state index is -0.399. The number of rotatable bonds is 4. The van der Waals surface area contributed by atoms with Crippen molar-refractivity contribution in [1.82, 2.24) is 20.1 Å². The Hall–Kier alpha value is -2.74. The zero-order chi connectivity index (χ0) is 17.1. The van der Waals surface area contributed by atoms with E-state index >= 15 is 0 Å². The average Bonchev–Trinajstić information content (AvgIpc) is 3.26.